The summed E-state index contributed by atoms with van der Waals surface area (Å²) < 4.78 is 0.720. The molecule has 0 spiro atoms. The standard InChI is InChI=1S/C12H12ClN3OS/c13-11-6-5-10(18-11)7-15-12(17)8-1-3-9(16-14)4-2-8/h1-6,16H,7,14H2,(H,15,17). The smallest absolute Gasteiger partial charge is 0.251 e. The number of nitrogens with two attached hydrogens (primary N) is 1. The molecule has 1 aromatic heterocycles. The van der Waals surface area contributed by atoms with Crippen LogP contribution in [0.15, 0.2) is 36.4 Å². The van der Waals surface area contributed by atoms with Gasteiger partial charge in [0.15, 0.2) is 0 Å². The Bertz CT molecular complexity index is 539. The van der Waals surface area contributed by atoms with Crippen LogP contribution >= 0.6 is 22.9 Å². The van der Waals surface area contributed by atoms with Gasteiger partial charge in [-0.2, -0.15) is 0 Å². The number of rotatable bonds is 4. The van der Waals surface area contributed by atoms with Crippen LogP contribution in [0.5, 0.6) is 0 Å². The number of carbonyl (C=O) groups excluding carboxylic acids is 1. The molecule has 0 saturated carbocycles. The zero-order valence-electron chi connectivity index (χ0n) is 9.44. The van der Waals surface area contributed by atoms with E-state index < -0.39 is 0 Å². The van der Waals surface area contributed by atoms with E-state index in [0.29, 0.717) is 12.1 Å². The summed E-state index contributed by atoms with van der Waals surface area (Å²) in [6.45, 7) is 0.479. The van der Waals surface area contributed by atoms with Gasteiger partial charge in [0.05, 0.1) is 10.9 Å². The van der Waals surface area contributed by atoms with Crippen LogP contribution in [0.25, 0.3) is 0 Å². The Morgan fingerprint density at radius 2 is 1.94 bits per heavy atom. The number of anilines is 1. The third-order valence-electron chi connectivity index (χ3n) is 2.37. The van der Waals surface area contributed by atoms with Gasteiger partial charge >= 0.3 is 0 Å². The second-order valence-electron chi connectivity index (χ2n) is 3.61. The molecule has 0 saturated heterocycles. The van der Waals surface area contributed by atoms with E-state index in [1.165, 1.54) is 11.3 Å². The van der Waals surface area contributed by atoms with Crippen LogP contribution in [-0.2, 0) is 6.54 Å². The SMILES string of the molecule is NNc1ccc(C(=O)NCc2ccc(Cl)s2)cc1. The number of hydrogen-bond donors (Lipinski definition) is 3. The molecule has 0 radical (unpaired) electrons. The molecule has 4 nitrogen and oxygen atoms in total. The fourth-order valence-electron chi connectivity index (χ4n) is 1.43. The third-order valence-corrected chi connectivity index (χ3v) is 3.60. The van der Waals surface area contributed by atoms with Gasteiger partial charge in [-0.05, 0) is 36.4 Å². The molecule has 6 heteroatoms. The van der Waals surface area contributed by atoms with Gasteiger partial charge in [0, 0.05) is 16.1 Å². The first kappa shape index (κ1) is 12.9. The van der Waals surface area contributed by atoms with Crippen molar-refractivity contribution in [3.8, 4) is 0 Å². The quantitative estimate of drug-likeness (QED) is 0.596. The van der Waals surface area contributed by atoms with Crippen molar-refractivity contribution in [3.05, 3.63) is 51.2 Å². The first-order valence-corrected chi connectivity index (χ1v) is 6.47. The molecule has 1 heterocycles. The summed E-state index contributed by atoms with van der Waals surface area (Å²) in [4.78, 5) is 12.9. The number of thiophene rings is 1. The number of nitrogen functional groups attached to an aromatic ring is 1. The lowest BCUT2D eigenvalue weighted by molar-refractivity contribution is 0.0951. The van der Waals surface area contributed by atoms with Gasteiger partial charge in [-0.15, -0.1) is 11.3 Å². The number of halogens is 1. The van der Waals surface area contributed by atoms with Gasteiger partial charge in [-0.1, -0.05) is 11.6 Å². The van der Waals surface area contributed by atoms with Crippen LogP contribution in [0, 0.1) is 0 Å². The van der Waals surface area contributed by atoms with E-state index in [4.69, 9.17) is 17.4 Å². The van der Waals surface area contributed by atoms with Gasteiger partial charge in [-0.25, -0.2) is 0 Å². The molecule has 1 amide bonds. The van der Waals surface area contributed by atoms with Crippen LogP contribution in [-0.4, -0.2) is 5.91 Å². The summed E-state index contributed by atoms with van der Waals surface area (Å²) in [6.07, 6.45) is 0. The predicted octanol–water partition coefficient (Wildman–Crippen LogP) is 2.62. The Morgan fingerprint density at radius 1 is 1.22 bits per heavy atom. The fraction of sp³-hybridized carbons (Fsp3) is 0.0833. The van der Waals surface area contributed by atoms with Gasteiger partial charge in [0.1, 0.15) is 0 Å². The van der Waals surface area contributed by atoms with Gasteiger partial charge in [-0.3, -0.25) is 10.6 Å². The van der Waals surface area contributed by atoms with Crippen LogP contribution in [0.2, 0.25) is 4.34 Å². The molecule has 0 bridgehead atoms. The Hall–Kier alpha value is -1.56. The highest BCUT2D eigenvalue weighted by Gasteiger charge is 2.05. The van der Waals surface area contributed by atoms with Crippen LogP contribution in [0.4, 0.5) is 5.69 Å². The number of hydrazine groups is 1. The van der Waals surface area contributed by atoms with E-state index in [1.54, 1.807) is 24.3 Å². The lowest BCUT2D eigenvalue weighted by Gasteiger charge is -2.05. The van der Waals surface area contributed by atoms with Crippen molar-refractivity contribution < 1.29 is 4.79 Å². The minimum absolute atomic E-state index is 0.122. The monoisotopic (exact) mass is 281 g/mol. The van der Waals surface area contributed by atoms with Crippen molar-refractivity contribution in [2.45, 2.75) is 6.54 Å². The molecule has 0 aliphatic rings. The molecular formula is C12H12ClN3OS. The predicted molar refractivity (Wildman–Crippen MR) is 74.8 cm³/mol. The Morgan fingerprint density at radius 3 is 2.50 bits per heavy atom. The molecule has 18 heavy (non-hydrogen) atoms. The second-order valence-corrected chi connectivity index (χ2v) is 5.41. The minimum Gasteiger partial charge on any atom is -0.347 e. The number of hydrogen-bond acceptors (Lipinski definition) is 4. The van der Waals surface area contributed by atoms with E-state index in [-0.39, 0.29) is 5.91 Å². The number of carbonyl (C=O) groups is 1. The maximum Gasteiger partial charge on any atom is 0.251 e. The summed E-state index contributed by atoms with van der Waals surface area (Å²) in [5.74, 6) is 5.13. The highest BCUT2D eigenvalue weighted by molar-refractivity contribution is 7.16. The van der Waals surface area contributed by atoms with Crippen molar-refractivity contribution in [1.82, 2.24) is 5.32 Å². The summed E-state index contributed by atoms with van der Waals surface area (Å²) in [5.41, 5.74) is 3.86. The van der Waals surface area contributed by atoms with Crippen LogP contribution < -0.4 is 16.6 Å². The van der Waals surface area contributed by atoms with E-state index in [1.807, 2.05) is 12.1 Å². The minimum atomic E-state index is -0.122. The van der Waals surface area contributed by atoms with Crippen LogP contribution in [0.1, 0.15) is 15.2 Å². The summed E-state index contributed by atoms with van der Waals surface area (Å²) in [7, 11) is 0. The largest absolute Gasteiger partial charge is 0.347 e. The maximum atomic E-state index is 11.8. The van der Waals surface area contributed by atoms with E-state index in [0.717, 1.165) is 14.9 Å². The van der Waals surface area contributed by atoms with Crippen molar-refractivity contribution >= 4 is 34.5 Å². The fourth-order valence-corrected chi connectivity index (χ4v) is 2.46. The molecule has 94 valence electrons. The van der Waals surface area contributed by atoms with Crippen molar-refractivity contribution in [2.24, 2.45) is 5.84 Å². The normalized spacial score (nSPS) is 10.1. The summed E-state index contributed by atoms with van der Waals surface area (Å²) >= 11 is 7.27. The van der Waals surface area contributed by atoms with Crippen molar-refractivity contribution in [3.63, 3.8) is 0 Å². The number of nitrogens with one attached hydrogen (secondary N) is 2. The number of benzene rings is 1. The first-order chi connectivity index (χ1) is 8.69. The average molecular weight is 282 g/mol. The van der Waals surface area contributed by atoms with E-state index >= 15 is 0 Å². The number of amides is 1. The lowest BCUT2D eigenvalue weighted by Crippen LogP contribution is -2.22. The molecule has 4 N–H and O–H groups in total. The molecule has 0 unspecified atom stereocenters. The summed E-state index contributed by atoms with van der Waals surface area (Å²) in [6, 6.07) is 10.6. The molecule has 2 rings (SSSR count). The lowest BCUT2D eigenvalue weighted by atomic mass is 10.2. The zero-order valence-corrected chi connectivity index (χ0v) is 11.0. The summed E-state index contributed by atoms with van der Waals surface area (Å²) in [5, 5.41) is 2.83. The van der Waals surface area contributed by atoms with Gasteiger partial charge in [0.25, 0.3) is 5.91 Å². The topological polar surface area (TPSA) is 67.1 Å². The van der Waals surface area contributed by atoms with Crippen molar-refractivity contribution in [1.29, 1.82) is 0 Å². The highest BCUT2D eigenvalue weighted by atomic mass is 35.5. The average Bonchev–Trinajstić information content (AvgIpc) is 2.82. The Balaban J connectivity index is 1.94. The van der Waals surface area contributed by atoms with Gasteiger partial charge < -0.3 is 10.7 Å². The van der Waals surface area contributed by atoms with Crippen LogP contribution in [0.3, 0.4) is 0 Å². The zero-order chi connectivity index (χ0) is 13.0. The molecular weight excluding hydrogens is 270 g/mol. The molecule has 0 fully saturated rings. The second kappa shape index (κ2) is 5.86. The Labute approximate surface area is 114 Å². The highest BCUT2D eigenvalue weighted by Crippen LogP contribution is 2.21. The molecule has 2 aromatic rings. The molecule has 0 atom stereocenters. The molecule has 0 aliphatic heterocycles. The molecule has 0 aliphatic carbocycles. The Kier molecular flexibility index (Phi) is 4.19. The molecule has 1 aromatic carbocycles. The van der Waals surface area contributed by atoms with E-state index in [9.17, 15) is 4.79 Å². The maximum absolute atomic E-state index is 11.8. The van der Waals surface area contributed by atoms with E-state index in [2.05, 4.69) is 10.7 Å². The first-order valence-electron chi connectivity index (χ1n) is 5.28. The third kappa shape index (κ3) is 3.22. The van der Waals surface area contributed by atoms with Gasteiger partial charge in [0.2, 0.25) is 0 Å². The van der Waals surface area contributed by atoms with Crippen molar-refractivity contribution in [2.75, 3.05) is 5.43 Å².